The summed E-state index contributed by atoms with van der Waals surface area (Å²) >= 11 is 0. The van der Waals surface area contributed by atoms with Crippen molar-refractivity contribution in [2.75, 3.05) is 33.4 Å². The van der Waals surface area contributed by atoms with E-state index in [9.17, 15) is 31.1 Å². The molecule has 0 aromatic heterocycles. The van der Waals surface area contributed by atoms with Crippen LogP contribution in [-0.2, 0) is 11.2 Å². The van der Waals surface area contributed by atoms with E-state index >= 15 is 0 Å². The van der Waals surface area contributed by atoms with Crippen molar-refractivity contribution >= 4 is 18.1 Å². The molecule has 36 heavy (non-hydrogen) atoms. The van der Waals surface area contributed by atoms with Crippen LogP contribution < -0.4 is 11.2 Å². The van der Waals surface area contributed by atoms with Crippen LogP contribution in [0.1, 0.15) is 18.9 Å². The summed E-state index contributed by atoms with van der Waals surface area (Å²) in [5, 5.41) is 7.17. The standard InChI is InChI=1S/C21H26F6N8O/c1-20-17(9-33-11-32(2)10-29-33)34(3-4-35(20)31-19(30-20)21(25,26)27)18(36)7-13(28)5-12-6-15(23)16(24)8-14(12)22/h6,8,10,13,17H,3-5,7,9,11,28H2,1-2H3,(H,30,31)/t13-,17?,20?/m1/s1. The zero-order valence-electron chi connectivity index (χ0n) is 19.6. The number of hydrazine groups is 1. The molecule has 1 amide bonds. The Labute approximate surface area is 203 Å². The molecule has 3 heterocycles. The first kappa shape index (κ1) is 26.0. The first-order chi connectivity index (χ1) is 16.8. The molecule has 4 rings (SSSR count). The summed E-state index contributed by atoms with van der Waals surface area (Å²) in [6.45, 7) is 2.09. The Balaban J connectivity index is 1.54. The summed E-state index contributed by atoms with van der Waals surface area (Å²) < 4.78 is 81.1. The van der Waals surface area contributed by atoms with Crippen LogP contribution in [0.5, 0.6) is 0 Å². The lowest BCUT2D eigenvalue weighted by molar-refractivity contribution is -0.145. The SMILES string of the molecule is CN1C=NN(CC2N(C(=O)C[C@H](N)Cc3cc(F)c(F)cc3F)CCN3NC(C(F)(F)F)=NC23C)C1. The molecule has 198 valence electrons. The van der Waals surface area contributed by atoms with Gasteiger partial charge in [0.15, 0.2) is 17.3 Å². The molecule has 3 N–H and O–H groups in total. The van der Waals surface area contributed by atoms with Crippen LogP contribution in [0, 0.1) is 17.5 Å². The lowest BCUT2D eigenvalue weighted by Gasteiger charge is -2.50. The number of hydrogen-bond donors (Lipinski definition) is 2. The number of rotatable bonds is 6. The number of alkyl halides is 3. The monoisotopic (exact) mass is 520 g/mol. The molecule has 2 unspecified atom stereocenters. The molecule has 3 aliphatic rings. The fourth-order valence-electron chi connectivity index (χ4n) is 4.66. The van der Waals surface area contributed by atoms with E-state index in [1.54, 1.807) is 23.3 Å². The summed E-state index contributed by atoms with van der Waals surface area (Å²) in [5.41, 5.74) is 6.72. The van der Waals surface area contributed by atoms with Gasteiger partial charge in [-0.15, -0.1) is 0 Å². The second-order valence-corrected chi connectivity index (χ2v) is 9.26. The van der Waals surface area contributed by atoms with Gasteiger partial charge in [0.05, 0.1) is 12.6 Å². The van der Waals surface area contributed by atoms with Crippen molar-refractivity contribution < 1.29 is 31.1 Å². The summed E-state index contributed by atoms with van der Waals surface area (Å²) in [6.07, 6.45) is -3.69. The van der Waals surface area contributed by atoms with Crippen LogP contribution in [0.25, 0.3) is 0 Å². The molecular formula is C21H26F6N8O. The smallest absolute Gasteiger partial charge is 0.345 e. The first-order valence-corrected chi connectivity index (χ1v) is 11.2. The van der Waals surface area contributed by atoms with Crippen molar-refractivity contribution in [2.24, 2.45) is 15.8 Å². The zero-order chi connectivity index (χ0) is 26.4. The highest BCUT2D eigenvalue weighted by Gasteiger charge is 2.56. The lowest BCUT2D eigenvalue weighted by Crippen LogP contribution is -2.70. The number of benzene rings is 1. The second-order valence-electron chi connectivity index (χ2n) is 9.26. The van der Waals surface area contributed by atoms with Gasteiger partial charge < -0.3 is 15.5 Å². The van der Waals surface area contributed by atoms with E-state index in [0.717, 1.165) is 0 Å². The number of amidine groups is 1. The quantitative estimate of drug-likeness (QED) is 0.433. The number of hydrazone groups is 1. The number of aliphatic imine (C=N–C) groups is 1. The van der Waals surface area contributed by atoms with Crippen molar-refractivity contribution in [1.29, 1.82) is 0 Å². The lowest BCUT2D eigenvalue weighted by atomic mass is 9.95. The van der Waals surface area contributed by atoms with E-state index in [-0.39, 0.29) is 38.0 Å². The molecule has 3 aliphatic heterocycles. The first-order valence-electron chi connectivity index (χ1n) is 11.2. The molecule has 0 bridgehead atoms. The minimum Gasteiger partial charge on any atom is -0.345 e. The molecule has 1 aromatic rings. The average Bonchev–Trinajstić information content (AvgIpc) is 3.35. The van der Waals surface area contributed by atoms with E-state index < -0.39 is 53.1 Å². The molecule has 1 fully saturated rings. The number of fused-ring (bicyclic) bond motifs is 1. The van der Waals surface area contributed by atoms with E-state index in [1.165, 1.54) is 16.8 Å². The van der Waals surface area contributed by atoms with Crippen LogP contribution >= 0.6 is 0 Å². The summed E-state index contributed by atoms with van der Waals surface area (Å²) in [5.74, 6) is -5.20. The predicted molar refractivity (Wildman–Crippen MR) is 118 cm³/mol. The molecule has 0 saturated carbocycles. The molecule has 0 radical (unpaired) electrons. The third-order valence-corrected chi connectivity index (χ3v) is 6.48. The van der Waals surface area contributed by atoms with Gasteiger partial charge in [-0.1, -0.05) is 0 Å². The number of piperazine rings is 1. The molecule has 0 spiro atoms. The maximum absolute atomic E-state index is 14.0. The van der Waals surface area contributed by atoms with Crippen molar-refractivity contribution in [2.45, 2.75) is 43.7 Å². The fraction of sp³-hybridized carbons (Fsp3) is 0.571. The number of hydrogen-bond acceptors (Lipinski definition) is 8. The van der Waals surface area contributed by atoms with Crippen LogP contribution in [0.2, 0.25) is 0 Å². The number of nitrogens with two attached hydrogens (primary N) is 1. The van der Waals surface area contributed by atoms with Crippen molar-refractivity contribution in [3.63, 3.8) is 0 Å². The Morgan fingerprint density at radius 1 is 1.22 bits per heavy atom. The van der Waals surface area contributed by atoms with Crippen LogP contribution in [0.4, 0.5) is 26.3 Å². The van der Waals surface area contributed by atoms with Gasteiger partial charge in [0, 0.05) is 38.7 Å². The van der Waals surface area contributed by atoms with Crippen LogP contribution in [-0.4, -0.2) is 95.2 Å². The minimum absolute atomic E-state index is 0.0536. The van der Waals surface area contributed by atoms with Gasteiger partial charge in [-0.05, 0) is 25.0 Å². The van der Waals surface area contributed by atoms with Gasteiger partial charge in [-0.25, -0.2) is 18.2 Å². The Kier molecular flexibility index (Phi) is 6.81. The van der Waals surface area contributed by atoms with Gasteiger partial charge in [0.25, 0.3) is 0 Å². The second kappa shape index (κ2) is 9.42. The molecule has 15 heteroatoms. The predicted octanol–water partition coefficient (Wildman–Crippen LogP) is 1.22. The van der Waals surface area contributed by atoms with Crippen molar-refractivity contribution in [1.82, 2.24) is 25.2 Å². The third kappa shape index (κ3) is 5.07. The third-order valence-electron chi connectivity index (χ3n) is 6.48. The number of amides is 1. The maximum Gasteiger partial charge on any atom is 0.450 e. The summed E-state index contributed by atoms with van der Waals surface area (Å²) in [7, 11) is 1.77. The highest BCUT2D eigenvalue weighted by Crippen LogP contribution is 2.36. The van der Waals surface area contributed by atoms with E-state index in [0.29, 0.717) is 18.8 Å². The van der Waals surface area contributed by atoms with Gasteiger partial charge in [0.1, 0.15) is 18.8 Å². The van der Waals surface area contributed by atoms with Crippen molar-refractivity contribution in [3.8, 4) is 0 Å². The Bertz CT molecular complexity index is 1080. The van der Waals surface area contributed by atoms with E-state index in [4.69, 9.17) is 5.73 Å². The zero-order valence-corrected chi connectivity index (χ0v) is 19.6. The van der Waals surface area contributed by atoms with Gasteiger partial charge in [-0.3, -0.25) is 15.2 Å². The normalized spacial score (nSPS) is 25.2. The fourth-order valence-corrected chi connectivity index (χ4v) is 4.66. The van der Waals surface area contributed by atoms with Crippen LogP contribution in [0.15, 0.2) is 22.2 Å². The largest absolute Gasteiger partial charge is 0.450 e. The Morgan fingerprint density at radius 3 is 2.56 bits per heavy atom. The Morgan fingerprint density at radius 2 is 1.92 bits per heavy atom. The maximum atomic E-state index is 14.0. The minimum atomic E-state index is -4.71. The van der Waals surface area contributed by atoms with Gasteiger partial charge in [-0.2, -0.15) is 23.3 Å². The van der Waals surface area contributed by atoms with Gasteiger partial charge in [0.2, 0.25) is 11.7 Å². The molecule has 1 saturated heterocycles. The molecule has 9 nitrogen and oxygen atoms in total. The van der Waals surface area contributed by atoms with Gasteiger partial charge >= 0.3 is 6.18 Å². The summed E-state index contributed by atoms with van der Waals surface area (Å²) in [6, 6.07) is -0.694. The molecule has 0 aliphatic carbocycles. The highest BCUT2D eigenvalue weighted by molar-refractivity contribution is 5.89. The number of carbonyl (C=O) groups excluding carboxylic acids is 1. The number of nitrogens with one attached hydrogen (secondary N) is 1. The van der Waals surface area contributed by atoms with E-state index in [2.05, 4.69) is 15.5 Å². The number of carbonyl (C=O) groups is 1. The van der Waals surface area contributed by atoms with Crippen LogP contribution in [0.3, 0.4) is 0 Å². The van der Waals surface area contributed by atoms with E-state index in [1.807, 2.05) is 0 Å². The highest BCUT2D eigenvalue weighted by atomic mass is 19.4. The molecule has 1 aromatic carbocycles. The molecule has 3 atom stereocenters. The average molecular weight is 520 g/mol. The topological polar surface area (TPSA) is 92.8 Å². The number of halogens is 6. The summed E-state index contributed by atoms with van der Waals surface area (Å²) in [4.78, 5) is 20.4. The number of nitrogens with zero attached hydrogens (tertiary/aromatic N) is 6. The van der Waals surface area contributed by atoms with Crippen molar-refractivity contribution in [3.05, 3.63) is 35.1 Å². The Hall–Kier alpha value is -3.07. The molecular weight excluding hydrogens is 494 g/mol.